The van der Waals surface area contributed by atoms with E-state index in [0.717, 1.165) is 0 Å². The number of nitrogens with one attached hydrogen (secondary N) is 1. The lowest BCUT2D eigenvalue weighted by atomic mass is 10.1. The van der Waals surface area contributed by atoms with E-state index in [1.54, 1.807) is 24.3 Å². The zero-order valence-electron chi connectivity index (χ0n) is 17.4. The molecule has 1 amide bonds. The second kappa shape index (κ2) is 8.79. The summed E-state index contributed by atoms with van der Waals surface area (Å²) in [6, 6.07) is 18.5. The van der Waals surface area contributed by atoms with Gasteiger partial charge in [-0.05, 0) is 54.2 Å². The van der Waals surface area contributed by atoms with Gasteiger partial charge in [0.05, 0.1) is 10.5 Å². The van der Waals surface area contributed by atoms with Crippen molar-refractivity contribution in [2.75, 3.05) is 6.61 Å². The lowest BCUT2D eigenvalue weighted by Gasteiger charge is -2.19. The minimum atomic E-state index is -0.572. The monoisotopic (exact) mass is 473 g/mol. The van der Waals surface area contributed by atoms with Crippen LogP contribution in [0.15, 0.2) is 86.8 Å². The summed E-state index contributed by atoms with van der Waals surface area (Å²) >= 11 is 1.17. The first-order chi connectivity index (χ1) is 16.5. The first-order valence-electron chi connectivity index (χ1n) is 9.99. The van der Waals surface area contributed by atoms with Crippen LogP contribution in [0.4, 0.5) is 5.69 Å². The Morgan fingerprint density at radius 2 is 1.88 bits per heavy atom. The number of thioether (sulfide) groups is 1. The fourth-order valence-corrected chi connectivity index (χ4v) is 4.03. The van der Waals surface area contributed by atoms with E-state index in [-0.39, 0.29) is 23.7 Å². The average Bonchev–Trinajstić information content (AvgIpc) is 3.48. The number of amidine groups is 2. The fraction of sp³-hybridized carbons (Fsp3) is 0.0435. The Kier molecular flexibility index (Phi) is 5.52. The predicted octanol–water partition coefficient (Wildman–Crippen LogP) is 4.55. The van der Waals surface area contributed by atoms with Gasteiger partial charge in [-0.3, -0.25) is 20.3 Å². The fourth-order valence-electron chi connectivity index (χ4n) is 3.23. The van der Waals surface area contributed by atoms with E-state index in [1.807, 2.05) is 30.3 Å². The third-order valence-corrected chi connectivity index (χ3v) is 5.76. The number of fused-ring (bicyclic) bond motifs is 1. The van der Waals surface area contributed by atoms with Gasteiger partial charge in [0.1, 0.15) is 28.9 Å². The lowest BCUT2D eigenvalue weighted by molar-refractivity contribution is -0.384. The Balaban J connectivity index is 1.33. The van der Waals surface area contributed by atoms with Crippen molar-refractivity contribution < 1.29 is 18.9 Å². The van der Waals surface area contributed by atoms with E-state index >= 15 is 0 Å². The molecule has 0 bridgehead atoms. The maximum atomic E-state index is 12.6. The molecule has 1 aromatic heterocycles. The summed E-state index contributed by atoms with van der Waals surface area (Å²) in [7, 11) is 0. The van der Waals surface area contributed by atoms with E-state index in [9.17, 15) is 14.9 Å². The molecule has 0 unspecified atom stereocenters. The quantitative estimate of drug-likeness (QED) is 0.315. The molecule has 34 heavy (non-hydrogen) atoms. The summed E-state index contributed by atoms with van der Waals surface area (Å²) in [6.45, 7) is 0.182. The van der Waals surface area contributed by atoms with Crippen molar-refractivity contribution in [3.63, 3.8) is 0 Å². The van der Waals surface area contributed by atoms with E-state index in [2.05, 4.69) is 10.1 Å². The molecule has 3 heterocycles. The lowest BCUT2D eigenvalue weighted by Crippen LogP contribution is -2.35. The third kappa shape index (κ3) is 4.24. The van der Waals surface area contributed by atoms with Crippen LogP contribution in [0.2, 0.25) is 0 Å². The summed E-state index contributed by atoms with van der Waals surface area (Å²) in [6.07, 6.45) is 1.43. The number of carbonyl (C=O) groups is 1. The third-order valence-electron chi connectivity index (χ3n) is 4.88. The van der Waals surface area contributed by atoms with Crippen molar-refractivity contribution in [3.8, 4) is 17.1 Å². The molecule has 11 heteroatoms. The highest BCUT2D eigenvalue weighted by Crippen LogP contribution is 2.30. The van der Waals surface area contributed by atoms with E-state index in [4.69, 9.17) is 14.6 Å². The van der Waals surface area contributed by atoms with Crippen molar-refractivity contribution >= 4 is 45.5 Å². The number of benzene rings is 2. The van der Waals surface area contributed by atoms with Crippen molar-refractivity contribution in [2.45, 2.75) is 0 Å². The Morgan fingerprint density at radius 1 is 1.12 bits per heavy atom. The first-order valence-corrected chi connectivity index (χ1v) is 10.8. The molecule has 5 rings (SSSR count). The molecule has 0 atom stereocenters. The number of nitro groups is 1. The first kappa shape index (κ1) is 21.3. The minimum absolute atomic E-state index is 0.0230. The van der Waals surface area contributed by atoms with Gasteiger partial charge in [0, 0.05) is 17.7 Å². The van der Waals surface area contributed by atoms with E-state index in [1.165, 1.54) is 35.0 Å². The van der Waals surface area contributed by atoms with Gasteiger partial charge in [0.25, 0.3) is 11.6 Å². The van der Waals surface area contributed by atoms with Crippen molar-refractivity contribution in [1.29, 1.82) is 5.41 Å². The molecule has 3 aromatic rings. The van der Waals surface area contributed by atoms with E-state index in [0.29, 0.717) is 33.0 Å². The van der Waals surface area contributed by atoms with E-state index < -0.39 is 10.8 Å². The number of ether oxygens (including phenoxy) is 1. The zero-order chi connectivity index (χ0) is 23.7. The van der Waals surface area contributed by atoms with Crippen molar-refractivity contribution in [3.05, 3.63) is 88.2 Å². The minimum Gasteiger partial charge on any atom is -0.487 e. The molecule has 1 N–H and O–H groups in total. The normalized spacial score (nSPS) is 16.4. The molecule has 0 spiro atoms. The Morgan fingerprint density at radius 3 is 2.62 bits per heavy atom. The second-order valence-corrected chi connectivity index (χ2v) is 8.16. The van der Waals surface area contributed by atoms with Crippen molar-refractivity contribution in [1.82, 2.24) is 5.01 Å². The molecule has 0 aliphatic carbocycles. The van der Waals surface area contributed by atoms with Gasteiger partial charge in [-0.2, -0.15) is 15.1 Å². The second-order valence-electron chi connectivity index (χ2n) is 7.12. The number of hydrazone groups is 1. The Labute approximate surface area is 196 Å². The number of furan rings is 1. The van der Waals surface area contributed by atoms with Crippen molar-refractivity contribution in [2.24, 2.45) is 10.1 Å². The van der Waals surface area contributed by atoms with Crippen LogP contribution in [-0.2, 0) is 4.79 Å². The van der Waals surface area contributed by atoms with Gasteiger partial charge >= 0.3 is 0 Å². The van der Waals surface area contributed by atoms with Crippen LogP contribution in [0.1, 0.15) is 5.76 Å². The number of hydrogen-bond donors (Lipinski definition) is 1. The van der Waals surface area contributed by atoms with Crippen LogP contribution in [0.5, 0.6) is 5.75 Å². The highest BCUT2D eigenvalue weighted by molar-refractivity contribution is 8.27. The predicted molar refractivity (Wildman–Crippen MR) is 128 cm³/mol. The number of aliphatic imine (C=N–C) groups is 1. The smallest absolute Gasteiger partial charge is 0.283 e. The van der Waals surface area contributed by atoms with Crippen LogP contribution < -0.4 is 4.74 Å². The molecule has 0 fully saturated rings. The Bertz CT molecular complexity index is 1390. The zero-order valence-corrected chi connectivity index (χ0v) is 18.2. The molecular formula is C23H15N5O5S. The number of amides is 1. The van der Waals surface area contributed by atoms with Gasteiger partial charge in [-0.15, -0.1) is 0 Å². The molecule has 0 radical (unpaired) electrons. The summed E-state index contributed by atoms with van der Waals surface area (Å²) in [5.74, 6) is 0.799. The summed E-state index contributed by atoms with van der Waals surface area (Å²) in [5, 5.41) is 25.8. The molecule has 2 aliphatic rings. The van der Waals surface area contributed by atoms with Crippen LogP contribution >= 0.6 is 11.8 Å². The van der Waals surface area contributed by atoms with Crippen LogP contribution in [0, 0.1) is 15.5 Å². The Hall–Kier alpha value is -4.51. The molecule has 2 aliphatic heterocycles. The number of para-hydroxylation sites is 1. The van der Waals surface area contributed by atoms with Gasteiger partial charge < -0.3 is 9.15 Å². The van der Waals surface area contributed by atoms with Crippen LogP contribution in [0.3, 0.4) is 0 Å². The number of nitro benzene ring substituents is 1. The average molecular weight is 473 g/mol. The van der Waals surface area contributed by atoms with Gasteiger partial charge in [0.15, 0.2) is 5.84 Å². The maximum absolute atomic E-state index is 12.6. The largest absolute Gasteiger partial charge is 0.487 e. The summed E-state index contributed by atoms with van der Waals surface area (Å²) in [4.78, 5) is 27.0. The SMILES string of the molecule is N=C1/C(=C\c2ccc(-c3ccc([N+](=O)[O-])cc3)o2)C(=O)N=C2SC(COc3ccccc3)=NN12. The molecule has 10 nitrogen and oxygen atoms in total. The number of rotatable bonds is 6. The molecule has 2 aromatic carbocycles. The standard InChI is InChI=1S/C23H15N5O5S/c24-21-18(12-17-10-11-19(33-17)14-6-8-15(9-7-14)28(30)31)22(29)25-23-27(21)26-20(34-23)13-32-16-4-2-1-3-5-16/h1-12,24H,13H2/b18-12+,24-21?. The van der Waals surface area contributed by atoms with Gasteiger partial charge in [-0.1, -0.05) is 18.2 Å². The molecule has 0 saturated heterocycles. The van der Waals surface area contributed by atoms with Gasteiger partial charge in [0.2, 0.25) is 5.17 Å². The topological polar surface area (TPSA) is 134 Å². The molecule has 168 valence electrons. The number of non-ortho nitro benzene ring substituents is 1. The maximum Gasteiger partial charge on any atom is 0.283 e. The number of carbonyl (C=O) groups excluding carboxylic acids is 1. The number of nitrogens with zero attached hydrogens (tertiary/aromatic N) is 4. The van der Waals surface area contributed by atoms with Crippen LogP contribution in [-0.4, -0.2) is 38.5 Å². The highest BCUT2D eigenvalue weighted by atomic mass is 32.2. The number of hydrogen-bond acceptors (Lipinski definition) is 8. The van der Waals surface area contributed by atoms with Crippen LogP contribution in [0.25, 0.3) is 17.4 Å². The highest BCUT2D eigenvalue weighted by Gasteiger charge is 2.36. The molecular weight excluding hydrogens is 458 g/mol. The summed E-state index contributed by atoms with van der Waals surface area (Å²) in [5.41, 5.74) is 0.650. The van der Waals surface area contributed by atoms with Gasteiger partial charge in [-0.25, -0.2) is 0 Å². The molecule has 0 saturated carbocycles. The summed E-state index contributed by atoms with van der Waals surface area (Å²) < 4.78 is 11.5.